The number of hydrogen-bond donors (Lipinski definition) is 3. The van der Waals surface area contributed by atoms with Crippen LogP contribution in [-0.4, -0.2) is 17.1 Å². The second-order valence-corrected chi connectivity index (χ2v) is 7.65. The molecule has 2 aliphatic rings. The Morgan fingerprint density at radius 1 is 1.26 bits per heavy atom. The number of anilines is 1. The van der Waals surface area contributed by atoms with Crippen molar-refractivity contribution in [3.63, 3.8) is 0 Å². The second kappa shape index (κ2) is 7.10. The summed E-state index contributed by atoms with van der Waals surface area (Å²) in [5, 5.41) is 16.3. The first kappa shape index (κ1) is 17.7. The molecule has 1 aliphatic heterocycles. The number of benzene rings is 2. The molecule has 0 saturated carbocycles. The molecule has 3 N–H and O–H groups in total. The Kier molecular flexibility index (Phi) is 4.65. The quantitative estimate of drug-likeness (QED) is 0.688. The van der Waals surface area contributed by atoms with Crippen LogP contribution in [0.2, 0.25) is 0 Å². The van der Waals surface area contributed by atoms with E-state index in [1.54, 1.807) is 12.1 Å². The lowest BCUT2D eigenvalue weighted by Crippen LogP contribution is -2.33. The van der Waals surface area contributed by atoms with Crippen molar-refractivity contribution in [1.29, 1.82) is 0 Å². The first-order valence-electron chi connectivity index (χ1n) is 9.73. The molecule has 0 spiro atoms. The molecule has 4 unspecified atom stereocenters. The molecule has 2 aromatic carbocycles. The maximum absolute atomic E-state index is 12.5. The van der Waals surface area contributed by atoms with Gasteiger partial charge in [0.15, 0.2) is 0 Å². The van der Waals surface area contributed by atoms with E-state index >= 15 is 0 Å². The molecular weight excluding hydrogens is 336 g/mol. The minimum Gasteiger partial charge on any atom is -0.508 e. The Morgan fingerprint density at radius 3 is 2.78 bits per heavy atom. The second-order valence-electron chi connectivity index (χ2n) is 7.65. The Hall–Kier alpha value is -2.75. The van der Waals surface area contributed by atoms with Crippen molar-refractivity contribution >= 4 is 11.6 Å². The van der Waals surface area contributed by atoms with E-state index in [-0.39, 0.29) is 23.7 Å². The van der Waals surface area contributed by atoms with Gasteiger partial charge in [0.2, 0.25) is 0 Å². The Balaban J connectivity index is 1.65. The van der Waals surface area contributed by atoms with Crippen molar-refractivity contribution in [1.82, 2.24) is 5.32 Å². The van der Waals surface area contributed by atoms with Crippen LogP contribution in [0, 0.1) is 5.92 Å². The minimum absolute atomic E-state index is 0.00802. The molecule has 0 radical (unpaired) electrons. The van der Waals surface area contributed by atoms with Gasteiger partial charge < -0.3 is 15.7 Å². The van der Waals surface area contributed by atoms with Gasteiger partial charge in [-0.1, -0.05) is 31.2 Å². The molecule has 4 rings (SSSR count). The number of carbonyl (C=O) groups excluding carboxylic acids is 1. The molecule has 1 heterocycles. The third-order valence-corrected chi connectivity index (χ3v) is 5.87. The topological polar surface area (TPSA) is 61.4 Å². The third kappa shape index (κ3) is 3.32. The lowest BCUT2D eigenvalue weighted by Gasteiger charge is -2.37. The summed E-state index contributed by atoms with van der Waals surface area (Å²) in [6.07, 6.45) is 6.44. The third-order valence-electron chi connectivity index (χ3n) is 5.87. The van der Waals surface area contributed by atoms with Gasteiger partial charge in [0.25, 0.3) is 5.91 Å². The number of hydrogen-bond acceptors (Lipinski definition) is 3. The average Bonchev–Trinajstić information content (AvgIpc) is 3.17. The van der Waals surface area contributed by atoms with Crippen LogP contribution in [0.3, 0.4) is 0 Å². The number of phenols is 1. The van der Waals surface area contributed by atoms with Gasteiger partial charge in [0.05, 0.1) is 6.04 Å². The highest BCUT2D eigenvalue weighted by molar-refractivity contribution is 5.95. The van der Waals surface area contributed by atoms with E-state index in [0.717, 1.165) is 24.1 Å². The van der Waals surface area contributed by atoms with Gasteiger partial charge in [0.1, 0.15) is 5.75 Å². The molecule has 0 bridgehead atoms. The van der Waals surface area contributed by atoms with Crippen molar-refractivity contribution < 1.29 is 9.90 Å². The van der Waals surface area contributed by atoms with Crippen molar-refractivity contribution in [3.8, 4) is 5.75 Å². The molecule has 1 aliphatic carbocycles. The highest BCUT2D eigenvalue weighted by Crippen LogP contribution is 2.50. The van der Waals surface area contributed by atoms with Crippen molar-refractivity contribution in [2.75, 3.05) is 5.32 Å². The molecule has 0 aromatic heterocycles. The number of allylic oxidation sites excluding steroid dienone is 2. The van der Waals surface area contributed by atoms with Crippen LogP contribution in [0.25, 0.3) is 0 Å². The van der Waals surface area contributed by atoms with Crippen LogP contribution in [0.4, 0.5) is 5.69 Å². The van der Waals surface area contributed by atoms with E-state index in [2.05, 4.69) is 29.7 Å². The summed E-state index contributed by atoms with van der Waals surface area (Å²) in [5.41, 5.74) is 4.18. The number of phenolic OH excluding ortho intramolecular Hbond substituents is 1. The number of rotatable bonds is 4. The van der Waals surface area contributed by atoms with Crippen LogP contribution in [0.1, 0.15) is 60.1 Å². The van der Waals surface area contributed by atoms with Gasteiger partial charge in [-0.05, 0) is 67.1 Å². The van der Waals surface area contributed by atoms with Gasteiger partial charge in [0, 0.05) is 23.2 Å². The maximum Gasteiger partial charge on any atom is 0.251 e. The van der Waals surface area contributed by atoms with Gasteiger partial charge in [-0.15, -0.1) is 0 Å². The normalized spacial score (nSPS) is 23.9. The zero-order chi connectivity index (χ0) is 19.0. The largest absolute Gasteiger partial charge is 0.508 e. The SMILES string of the molecule is CCC(C)NC(=O)c1ccc2c(c1)C1C=CCC1C(c1ccc(O)cc1)N2. The van der Waals surface area contributed by atoms with E-state index in [1.165, 1.54) is 11.1 Å². The molecule has 4 heteroatoms. The lowest BCUT2D eigenvalue weighted by atomic mass is 9.76. The summed E-state index contributed by atoms with van der Waals surface area (Å²) >= 11 is 0. The van der Waals surface area contributed by atoms with Crippen molar-refractivity contribution in [3.05, 3.63) is 71.3 Å². The summed E-state index contributed by atoms with van der Waals surface area (Å²) in [5.74, 6) is 0.991. The zero-order valence-electron chi connectivity index (χ0n) is 15.8. The Labute approximate surface area is 160 Å². The van der Waals surface area contributed by atoms with E-state index < -0.39 is 0 Å². The minimum atomic E-state index is -0.00802. The van der Waals surface area contributed by atoms with Gasteiger partial charge >= 0.3 is 0 Å². The highest BCUT2D eigenvalue weighted by Gasteiger charge is 2.38. The lowest BCUT2D eigenvalue weighted by molar-refractivity contribution is 0.0939. The van der Waals surface area contributed by atoms with Crippen LogP contribution < -0.4 is 10.6 Å². The summed E-state index contributed by atoms with van der Waals surface area (Å²) in [6.45, 7) is 4.09. The first-order valence-corrected chi connectivity index (χ1v) is 9.73. The summed E-state index contributed by atoms with van der Waals surface area (Å²) in [6, 6.07) is 13.8. The standard InChI is InChI=1S/C23H26N2O2/c1-3-14(2)24-23(27)16-9-12-21-20(13-16)18-5-4-6-19(18)22(25-21)15-7-10-17(26)11-8-15/h4-5,7-14,18-19,22,25-26H,3,6H2,1-2H3,(H,24,27). The van der Waals surface area contributed by atoms with E-state index in [9.17, 15) is 9.90 Å². The molecule has 4 atom stereocenters. The van der Waals surface area contributed by atoms with E-state index in [4.69, 9.17) is 0 Å². The van der Waals surface area contributed by atoms with Gasteiger partial charge in [-0.2, -0.15) is 0 Å². The van der Waals surface area contributed by atoms with Crippen molar-refractivity contribution in [2.45, 2.75) is 44.7 Å². The fraction of sp³-hybridized carbons (Fsp3) is 0.348. The number of nitrogens with one attached hydrogen (secondary N) is 2. The number of aromatic hydroxyl groups is 1. The fourth-order valence-electron chi connectivity index (χ4n) is 4.16. The molecule has 1 amide bonds. The van der Waals surface area contributed by atoms with Gasteiger partial charge in [-0.25, -0.2) is 0 Å². The molecule has 4 nitrogen and oxygen atoms in total. The van der Waals surface area contributed by atoms with Crippen LogP contribution >= 0.6 is 0 Å². The molecule has 27 heavy (non-hydrogen) atoms. The first-order chi connectivity index (χ1) is 13.1. The zero-order valence-corrected chi connectivity index (χ0v) is 15.8. The molecule has 2 aromatic rings. The fourth-order valence-corrected chi connectivity index (χ4v) is 4.16. The number of fused-ring (bicyclic) bond motifs is 3. The smallest absolute Gasteiger partial charge is 0.251 e. The number of amides is 1. The molecule has 0 fully saturated rings. The van der Waals surface area contributed by atoms with Crippen LogP contribution in [0.5, 0.6) is 5.75 Å². The predicted octanol–water partition coefficient (Wildman–Crippen LogP) is 4.75. The van der Waals surface area contributed by atoms with Crippen molar-refractivity contribution in [2.24, 2.45) is 5.92 Å². The predicted molar refractivity (Wildman–Crippen MR) is 108 cm³/mol. The molecular formula is C23H26N2O2. The van der Waals surface area contributed by atoms with E-state index in [0.29, 0.717) is 11.8 Å². The molecule has 0 saturated heterocycles. The Morgan fingerprint density at radius 2 is 2.04 bits per heavy atom. The molecule has 140 valence electrons. The highest BCUT2D eigenvalue weighted by atomic mass is 16.3. The average molecular weight is 362 g/mol. The monoisotopic (exact) mass is 362 g/mol. The summed E-state index contributed by atoms with van der Waals surface area (Å²) in [7, 11) is 0. The summed E-state index contributed by atoms with van der Waals surface area (Å²) < 4.78 is 0. The number of carbonyl (C=O) groups is 1. The van der Waals surface area contributed by atoms with Crippen LogP contribution in [0.15, 0.2) is 54.6 Å². The van der Waals surface area contributed by atoms with E-state index in [1.807, 2.05) is 37.3 Å². The summed E-state index contributed by atoms with van der Waals surface area (Å²) in [4.78, 5) is 12.5. The van der Waals surface area contributed by atoms with Crippen LogP contribution in [-0.2, 0) is 0 Å². The maximum atomic E-state index is 12.5. The Bertz CT molecular complexity index is 872. The van der Waals surface area contributed by atoms with Gasteiger partial charge in [-0.3, -0.25) is 4.79 Å².